The first-order valence-electron chi connectivity index (χ1n) is 26.6. The van der Waals surface area contributed by atoms with E-state index in [1.165, 1.54) is 91.7 Å². The van der Waals surface area contributed by atoms with Crippen LogP contribution in [0.3, 0.4) is 0 Å². The molecule has 4 saturated carbocycles. The molecule has 4 aliphatic rings. The van der Waals surface area contributed by atoms with Crippen molar-refractivity contribution in [3.63, 3.8) is 0 Å². The quantitative estimate of drug-likeness (QED) is 0.160. The summed E-state index contributed by atoms with van der Waals surface area (Å²) in [6, 6.07) is 57.6. The number of para-hydroxylation sites is 1. The molecule has 0 saturated heterocycles. The van der Waals surface area contributed by atoms with E-state index in [4.69, 9.17) is 15.0 Å². The van der Waals surface area contributed by atoms with E-state index in [1.54, 1.807) is 5.56 Å². The number of nitriles is 1. The first-order valence-corrected chi connectivity index (χ1v) is 26.6. The number of hydrogen-bond acceptors (Lipinski definition) is 4. The fraction of sp³-hybridized carbons (Fsp3) is 0.333. The lowest BCUT2D eigenvalue weighted by atomic mass is 9.54. The van der Waals surface area contributed by atoms with Gasteiger partial charge in [0.1, 0.15) is 0 Å². The van der Waals surface area contributed by atoms with E-state index in [0.29, 0.717) is 23.0 Å². The Kier molecular flexibility index (Phi) is 10.6. The molecule has 0 N–H and O–H groups in total. The number of fused-ring (bicyclic) bond motifs is 8. The molecule has 7 aromatic carbocycles. The minimum Gasteiger partial charge on any atom is -0.309 e. The molecule has 0 amide bonds. The Morgan fingerprint density at radius 2 is 0.986 bits per heavy atom. The first kappa shape index (κ1) is 44.1. The van der Waals surface area contributed by atoms with Crippen LogP contribution in [0.25, 0.3) is 83.6 Å². The zero-order chi connectivity index (χ0) is 48.0. The van der Waals surface area contributed by atoms with Crippen LogP contribution in [0.5, 0.6) is 0 Å². The molecule has 0 aliphatic heterocycles. The molecule has 4 aliphatic carbocycles. The van der Waals surface area contributed by atoms with Gasteiger partial charge < -0.3 is 4.57 Å². The molecule has 352 valence electrons. The monoisotopic (exact) mass is 926 g/mol. The summed E-state index contributed by atoms with van der Waals surface area (Å²) >= 11 is 0. The van der Waals surface area contributed by atoms with E-state index < -0.39 is 0 Å². The second kappa shape index (κ2) is 17.2. The Morgan fingerprint density at radius 1 is 0.451 bits per heavy atom. The van der Waals surface area contributed by atoms with Gasteiger partial charge in [-0.2, -0.15) is 5.26 Å². The van der Waals surface area contributed by atoms with E-state index in [9.17, 15) is 5.26 Å². The number of aromatic nitrogens is 4. The van der Waals surface area contributed by atoms with Gasteiger partial charge in [0.25, 0.3) is 0 Å². The predicted molar refractivity (Wildman–Crippen MR) is 291 cm³/mol. The van der Waals surface area contributed by atoms with Crippen LogP contribution in [0.4, 0.5) is 0 Å². The van der Waals surface area contributed by atoms with Gasteiger partial charge in [-0.25, -0.2) is 15.0 Å². The maximum Gasteiger partial charge on any atom is 0.164 e. The largest absolute Gasteiger partial charge is 0.309 e. The zero-order valence-electron chi connectivity index (χ0n) is 41.7. The van der Waals surface area contributed by atoms with E-state index in [1.807, 2.05) is 12.1 Å². The van der Waals surface area contributed by atoms with Crippen LogP contribution in [0.1, 0.15) is 109 Å². The standard InChI is InChI=1S/C66H63N5/c1-41-28-46-29-42(2)35-65(34-41,38-46)52-21-17-48(18-22-52)62-68-63(49-19-23-53(24-20-49)71-60-15-8-7-14-57(60)58-32-45(40-67)16-27-61(58)71)70-64(69-62)51-11-9-10-50(33-51)54-25-26-59(56-13-6-5-12-55(54)56)66-36-43(3)30-47(39-66)31-44(4)37-66/h5-27,32-33,41-44,46-47H,28-31,34-39H2,1-4H3/t41-,42+,43-,44+,46?,47?,65?,66?. The number of rotatable bonds is 7. The summed E-state index contributed by atoms with van der Waals surface area (Å²) in [5.41, 5.74) is 12.7. The Labute approximate surface area is 419 Å². The second-order valence-corrected chi connectivity index (χ2v) is 23.3. The third kappa shape index (κ3) is 7.68. The third-order valence-electron chi connectivity index (χ3n) is 17.8. The Hall–Kier alpha value is -6.90. The van der Waals surface area contributed by atoms with Gasteiger partial charge in [0.05, 0.1) is 22.7 Å². The third-order valence-corrected chi connectivity index (χ3v) is 17.8. The summed E-state index contributed by atoms with van der Waals surface area (Å²) < 4.78 is 2.28. The fourth-order valence-electron chi connectivity index (χ4n) is 15.7. The lowest BCUT2D eigenvalue weighted by Crippen LogP contribution is -2.42. The molecule has 9 aromatic rings. The van der Waals surface area contributed by atoms with Gasteiger partial charge in [-0.1, -0.05) is 125 Å². The SMILES string of the molecule is C[C@@H]1CC2C[C@H](C)CC(c3ccc(-c4nc(-c5ccc(-n6c7ccccc7c7cc(C#N)ccc76)cc5)nc(-c5cccc(-c6ccc(C78CC(C[C@@H](C)C7)C[C@H](C)C8)c7ccccc67)c5)n4)cc3)(C2)C1. The van der Waals surface area contributed by atoms with E-state index in [2.05, 4.69) is 178 Å². The lowest BCUT2D eigenvalue weighted by Gasteiger charge is -2.51. The molecule has 2 aromatic heterocycles. The van der Waals surface area contributed by atoms with Crippen molar-refractivity contribution in [1.29, 1.82) is 5.26 Å². The Morgan fingerprint density at radius 3 is 1.63 bits per heavy atom. The van der Waals surface area contributed by atoms with Crippen molar-refractivity contribution in [3.05, 3.63) is 168 Å². The maximum absolute atomic E-state index is 9.75. The van der Waals surface area contributed by atoms with E-state index >= 15 is 0 Å². The summed E-state index contributed by atoms with van der Waals surface area (Å²) in [6.07, 6.45) is 13.2. The van der Waals surface area contributed by atoms with Crippen LogP contribution in [0.15, 0.2) is 152 Å². The maximum atomic E-state index is 9.75. The molecule has 0 spiro atoms. The van der Waals surface area contributed by atoms with E-state index in [0.717, 1.165) is 79.7 Å². The topological polar surface area (TPSA) is 67.4 Å². The van der Waals surface area contributed by atoms with Gasteiger partial charge in [-0.15, -0.1) is 0 Å². The van der Waals surface area contributed by atoms with Crippen molar-refractivity contribution in [2.45, 2.75) is 103 Å². The lowest BCUT2D eigenvalue weighted by molar-refractivity contribution is 0.0780. The minimum absolute atomic E-state index is 0.241. The molecule has 2 heterocycles. The van der Waals surface area contributed by atoms with Crippen molar-refractivity contribution >= 4 is 32.6 Å². The molecule has 4 bridgehead atoms. The van der Waals surface area contributed by atoms with E-state index in [-0.39, 0.29) is 10.8 Å². The number of nitrogens with zero attached hydrogens (tertiary/aromatic N) is 5. The van der Waals surface area contributed by atoms with Crippen LogP contribution in [0.2, 0.25) is 0 Å². The van der Waals surface area contributed by atoms with Crippen LogP contribution < -0.4 is 0 Å². The molecule has 5 nitrogen and oxygen atoms in total. The first-order chi connectivity index (χ1) is 34.6. The number of hydrogen-bond donors (Lipinski definition) is 0. The summed E-state index contributed by atoms with van der Waals surface area (Å²) in [5, 5.41) is 14.7. The predicted octanol–water partition coefficient (Wildman–Crippen LogP) is 16.9. The summed E-state index contributed by atoms with van der Waals surface area (Å²) in [5.74, 6) is 6.66. The Bertz CT molecular complexity index is 3520. The highest BCUT2D eigenvalue weighted by molar-refractivity contribution is 6.09. The minimum atomic E-state index is 0.241. The average molecular weight is 926 g/mol. The van der Waals surface area contributed by atoms with Gasteiger partial charge in [0, 0.05) is 33.2 Å². The van der Waals surface area contributed by atoms with Crippen molar-refractivity contribution in [2.75, 3.05) is 0 Å². The van der Waals surface area contributed by atoms with Crippen LogP contribution >= 0.6 is 0 Å². The molecule has 4 unspecified atom stereocenters. The van der Waals surface area contributed by atoms with Crippen molar-refractivity contribution in [3.8, 4) is 57.0 Å². The molecular weight excluding hydrogens is 863 g/mol. The van der Waals surface area contributed by atoms with Gasteiger partial charge >= 0.3 is 0 Å². The highest BCUT2D eigenvalue weighted by Crippen LogP contribution is 2.56. The molecule has 5 heteroatoms. The molecule has 13 rings (SSSR count). The van der Waals surface area contributed by atoms with Crippen molar-refractivity contribution in [2.24, 2.45) is 35.5 Å². The Balaban J connectivity index is 0.911. The number of benzene rings is 7. The smallest absolute Gasteiger partial charge is 0.164 e. The molecule has 71 heavy (non-hydrogen) atoms. The van der Waals surface area contributed by atoms with Gasteiger partial charge in [0.15, 0.2) is 17.5 Å². The van der Waals surface area contributed by atoms with Crippen LogP contribution in [-0.2, 0) is 10.8 Å². The van der Waals surface area contributed by atoms with Gasteiger partial charge in [-0.05, 0) is 198 Å². The van der Waals surface area contributed by atoms with Crippen LogP contribution in [0, 0.1) is 46.8 Å². The molecule has 4 fully saturated rings. The highest BCUT2D eigenvalue weighted by Gasteiger charge is 2.47. The van der Waals surface area contributed by atoms with Gasteiger partial charge in [-0.3, -0.25) is 0 Å². The normalized spacial score (nSPS) is 26.1. The summed E-state index contributed by atoms with van der Waals surface area (Å²) in [7, 11) is 0. The van der Waals surface area contributed by atoms with Gasteiger partial charge in [0.2, 0.25) is 0 Å². The summed E-state index contributed by atoms with van der Waals surface area (Å²) in [6.45, 7) is 9.91. The van der Waals surface area contributed by atoms with Crippen molar-refractivity contribution in [1.82, 2.24) is 19.5 Å². The highest BCUT2D eigenvalue weighted by atomic mass is 15.0. The van der Waals surface area contributed by atoms with Crippen molar-refractivity contribution < 1.29 is 0 Å². The fourth-order valence-corrected chi connectivity index (χ4v) is 15.7. The van der Waals surface area contributed by atoms with Crippen LogP contribution in [-0.4, -0.2) is 19.5 Å². The summed E-state index contributed by atoms with van der Waals surface area (Å²) in [4.78, 5) is 15.9. The second-order valence-electron chi connectivity index (χ2n) is 23.3. The molecule has 0 radical (unpaired) electrons. The molecular formula is C66H63N5. The zero-order valence-corrected chi connectivity index (χ0v) is 41.7. The average Bonchev–Trinajstić information content (AvgIpc) is 3.71. The molecule has 8 atom stereocenters.